The molecule has 1 aliphatic rings. The zero-order valence-corrected chi connectivity index (χ0v) is 11.8. The molecule has 0 amide bonds. The summed E-state index contributed by atoms with van der Waals surface area (Å²) >= 11 is 0. The van der Waals surface area contributed by atoms with Gasteiger partial charge in [0, 0.05) is 6.54 Å². The fourth-order valence-electron chi connectivity index (χ4n) is 2.80. The van der Waals surface area contributed by atoms with Gasteiger partial charge in [-0.1, -0.05) is 18.2 Å². The maximum atomic E-state index is 3.20. The first-order chi connectivity index (χ1) is 8.79. The van der Waals surface area contributed by atoms with Crippen LogP contribution in [0.3, 0.4) is 0 Å². The summed E-state index contributed by atoms with van der Waals surface area (Å²) in [4.78, 5) is 2.42. The molecule has 1 aromatic carbocycles. The van der Waals surface area contributed by atoms with Crippen LogP contribution >= 0.6 is 0 Å². The number of nitrogens with zero attached hydrogens (tertiary/aromatic N) is 1. The second-order valence-electron chi connectivity index (χ2n) is 5.51. The molecule has 2 nitrogen and oxygen atoms in total. The quantitative estimate of drug-likeness (QED) is 0.776. The number of hydrogen-bond acceptors (Lipinski definition) is 2. The minimum Gasteiger partial charge on any atom is -0.320 e. The van der Waals surface area contributed by atoms with Crippen LogP contribution in [-0.2, 0) is 19.4 Å². The first kappa shape index (κ1) is 13.6. The summed E-state index contributed by atoms with van der Waals surface area (Å²) in [6.07, 6.45) is 6.53. The lowest BCUT2D eigenvalue weighted by molar-refractivity contribution is 0.321. The highest BCUT2D eigenvalue weighted by molar-refractivity contribution is 5.33. The van der Waals surface area contributed by atoms with Crippen molar-refractivity contribution >= 4 is 0 Å². The summed E-state index contributed by atoms with van der Waals surface area (Å²) in [5, 5.41) is 3.20. The topological polar surface area (TPSA) is 15.3 Å². The van der Waals surface area contributed by atoms with Gasteiger partial charge in [-0.3, -0.25) is 0 Å². The summed E-state index contributed by atoms with van der Waals surface area (Å²) in [5.41, 5.74) is 4.66. The van der Waals surface area contributed by atoms with Crippen molar-refractivity contribution in [1.82, 2.24) is 10.2 Å². The van der Waals surface area contributed by atoms with Crippen molar-refractivity contribution in [2.45, 2.75) is 38.6 Å². The number of fused-ring (bicyclic) bond motifs is 1. The van der Waals surface area contributed by atoms with E-state index >= 15 is 0 Å². The van der Waals surface area contributed by atoms with Gasteiger partial charge in [-0.15, -0.1) is 0 Å². The van der Waals surface area contributed by atoms with E-state index in [1.165, 1.54) is 37.7 Å². The lowest BCUT2D eigenvalue weighted by Gasteiger charge is -2.20. The van der Waals surface area contributed by atoms with Gasteiger partial charge in [0.2, 0.25) is 0 Å². The fraction of sp³-hybridized carbons (Fsp3) is 0.625. The molecule has 0 unspecified atom stereocenters. The summed E-state index contributed by atoms with van der Waals surface area (Å²) in [5.74, 6) is 0. The van der Waals surface area contributed by atoms with E-state index < -0.39 is 0 Å². The molecule has 100 valence electrons. The first-order valence-corrected chi connectivity index (χ1v) is 7.23. The van der Waals surface area contributed by atoms with Gasteiger partial charge >= 0.3 is 0 Å². The van der Waals surface area contributed by atoms with E-state index in [0.29, 0.717) is 0 Å². The van der Waals surface area contributed by atoms with Gasteiger partial charge in [-0.05, 0) is 76.0 Å². The molecular formula is C16H26N2. The largest absolute Gasteiger partial charge is 0.320 e. The molecule has 1 N–H and O–H groups in total. The predicted molar refractivity (Wildman–Crippen MR) is 78.0 cm³/mol. The molecule has 1 aromatic rings. The zero-order chi connectivity index (χ0) is 12.8. The van der Waals surface area contributed by atoms with Gasteiger partial charge in [0.05, 0.1) is 0 Å². The summed E-state index contributed by atoms with van der Waals surface area (Å²) in [6, 6.07) is 7.10. The average Bonchev–Trinajstić information content (AvgIpc) is 2.39. The maximum absolute atomic E-state index is 3.20. The molecule has 0 atom stereocenters. The molecule has 0 heterocycles. The van der Waals surface area contributed by atoms with E-state index in [-0.39, 0.29) is 0 Å². The number of hydrogen-bond donors (Lipinski definition) is 1. The van der Waals surface area contributed by atoms with Crippen molar-refractivity contribution in [2.24, 2.45) is 0 Å². The summed E-state index contributed by atoms with van der Waals surface area (Å²) in [7, 11) is 4.23. The van der Waals surface area contributed by atoms with Crippen LogP contribution in [0.15, 0.2) is 18.2 Å². The Morgan fingerprint density at radius 1 is 1.17 bits per heavy atom. The fourth-order valence-corrected chi connectivity index (χ4v) is 2.80. The predicted octanol–water partition coefficient (Wildman–Crippen LogP) is 2.61. The molecule has 18 heavy (non-hydrogen) atoms. The highest BCUT2D eigenvalue weighted by Gasteiger charge is 2.10. The number of nitrogens with one attached hydrogen (secondary N) is 1. The Labute approximate surface area is 111 Å². The molecule has 2 rings (SSSR count). The Bertz CT molecular complexity index is 373. The van der Waals surface area contributed by atoms with Gasteiger partial charge in [0.25, 0.3) is 0 Å². The molecule has 1 aliphatic carbocycles. The standard InChI is InChI=1S/C16H26N2/c1-17-10-5-11-18(2)13-14-8-9-15-6-3-4-7-16(15)12-14/h8-9,12,17H,3-7,10-11,13H2,1-2H3. The number of benzene rings is 1. The van der Waals surface area contributed by atoms with E-state index in [9.17, 15) is 0 Å². The van der Waals surface area contributed by atoms with E-state index in [0.717, 1.165) is 19.6 Å². The maximum Gasteiger partial charge on any atom is 0.0230 e. The minimum absolute atomic E-state index is 1.08. The molecule has 0 bridgehead atoms. The van der Waals surface area contributed by atoms with Crippen LogP contribution in [-0.4, -0.2) is 32.1 Å². The van der Waals surface area contributed by atoms with Crippen molar-refractivity contribution in [3.63, 3.8) is 0 Å². The smallest absolute Gasteiger partial charge is 0.0230 e. The van der Waals surface area contributed by atoms with Crippen molar-refractivity contribution in [3.8, 4) is 0 Å². The molecule has 0 aliphatic heterocycles. The van der Waals surface area contributed by atoms with Gasteiger partial charge in [-0.25, -0.2) is 0 Å². The molecule has 0 aromatic heterocycles. The lowest BCUT2D eigenvalue weighted by atomic mass is 9.90. The van der Waals surface area contributed by atoms with Crippen LogP contribution in [0.2, 0.25) is 0 Å². The second kappa shape index (κ2) is 6.91. The third-order valence-corrected chi connectivity index (χ3v) is 3.83. The van der Waals surface area contributed by atoms with Crippen LogP contribution < -0.4 is 5.32 Å². The third kappa shape index (κ3) is 3.82. The van der Waals surface area contributed by atoms with Crippen LogP contribution in [0.1, 0.15) is 36.0 Å². The van der Waals surface area contributed by atoms with Crippen molar-refractivity contribution in [1.29, 1.82) is 0 Å². The Balaban J connectivity index is 1.89. The number of rotatable bonds is 6. The minimum atomic E-state index is 1.08. The van der Waals surface area contributed by atoms with Crippen molar-refractivity contribution in [2.75, 3.05) is 27.2 Å². The Morgan fingerprint density at radius 2 is 1.94 bits per heavy atom. The van der Waals surface area contributed by atoms with Crippen LogP contribution in [0.5, 0.6) is 0 Å². The third-order valence-electron chi connectivity index (χ3n) is 3.83. The van der Waals surface area contributed by atoms with Gasteiger partial charge in [-0.2, -0.15) is 0 Å². The number of aryl methyl sites for hydroxylation is 2. The zero-order valence-electron chi connectivity index (χ0n) is 11.8. The normalized spacial score (nSPS) is 14.8. The van der Waals surface area contributed by atoms with Crippen LogP contribution in [0.25, 0.3) is 0 Å². The van der Waals surface area contributed by atoms with E-state index in [2.05, 4.69) is 35.5 Å². The summed E-state index contributed by atoms with van der Waals surface area (Å²) < 4.78 is 0. The average molecular weight is 246 g/mol. The second-order valence-corrected chi connectivity index (χ2v) is 5.51. The van der Waals surface area contributed by atoms with Gasteiger partial charge < -0.3 is 10.2 Å². The van der Waals surface area contributed by atoms with Crippen molar-refractivity contribution < 1.29 is 0 Å². The van der Waals surface area contributed by atoms with Crippen molar-refractivity contribution in [3.05, 3.63) is 34.9 Å². The van der Waals surface area contributed by atoms with Gasteiger partial charge in [0.15, 0.2) is 0 Å². The van der Waals surface area contributed by atoms with Crippen LogP contribution in [0.4, 0.5) is 0 Å². The van der Waals surface area contributed by atoms with E-state index in [1.807, 2.05) is 7.05 Å². The van der Waals surface area contributed by atoms with Gasteiger partial charge in [0.1, 0.15) is 0 Å². The molecule has 2 heteroatoms. The molecule has 0 radical (unpaired) electrons. The Morgan fingerprint density at radius 3 is 2.72 bits per heavy atom. The molecule has 0 saturated heterocycles. The lowest BCUT2D eigenvalue weighted by Crippen LogP contribution is -2.22. The highest BCUT2D eigenvalue weighted by Crippen LogP contribution is 2.22. The monoisotopic (exact) mass is 246 g/mol. The highest BCUT2D eigenvalue weighted by atomic mass is 15.1. The molecule has 0 fully saturated rings. The first-order valence-electron chi connectivity index (χ1n) is 7.23. The molecule has 0 spiro atoms. The Hall–Kier alpha value is -0.860. The SMILES string of the molecule is CNCCCN(C)Cc1ccc2c(c1)CCCC2. The molecular weight excluding hydrogens is 220 g/mol. The molecule has 0 saturated carbocycles. The van der Waals surface area contributed by atoms with Crippen LogP contribution in [0, 0.1) is 0 Å². The Kier molecular flexibility index (Phi) is 5.21. The van der Waals surface area contributed by atoms with E-state index in [4.69, 9.17) is 0 Å². The van der Waals surface area contributed by atoms with E-state index in [1.54, 1.807) is 11.1 Å². The summed E-state index contributed by atoms with van der Waals surface area (Å²) in [6.45, 7) is 3.35.